The number of carbonyl (C=O) groups is 2. The minimum Gasteiger partial charge on any atom is -0.489 e. The van der Waals surface area contributed by atoms with E-state index in [1.165, 1.54) is 0 Å². The van der Waals surface area contributed by atoms with Gasteiger partial charge in [-0.2, -0.15) is 0 Å². The normalized spacial score (nSPS) is 13.2. The van der Waals surface area contributed by atoms with Gasteiger partial charge in [0.25, 0.3) is 5.91 Å². The molecule has 2 N–H and O–H groups in total. The highest BCUT2D eigenvalue weighted by atomic mass is 16.5. The Labute approximate surface area is 140 Å². The van der Waals surface area contributed by atoms with Crippen LogP contribution in [0.4, 0.5) is 5.69 Å². The molecule has 24 heavy (non-hydrogen) atoms. The number of ether oxygens (including phenoxy) is 2. The lowest BCUT2D eigenvalue weighted by Crippen LogP contribution is -2.24. The molecule has 0 spiro atoms. The molecule has 0 saturated carbocycles. The summed E-state index contributed by atoms with van der Waals surface area (Å²) in [5.41, 5.74) is 1.68. The molecular formula is C18H20N2O4. The molecule has 0 aromatic heterocycles. The van der Waals surface area contributed by atoms with Crippen molar-refractivity contribution in [2.24, 2.45) is 0 Å². The maximum absolute atomic E-state index is 11.9. The molecule has 126 valence electrons. The number of hydrogen-bond acceptors (Lipinski definition) is 5. The van der Waals surface area contributed by atoms with Crippen molar-refractivity contribution in [2.45, 2.75) is 0 Å². The highest BCUT2D eigenvalue weighted by Crippen LogP contribution is 2.29. The van der Waals surface area contributed by atoms with E-state index in [1.807, 2.05) is 0 Å². The number of anilines is 1. The molecule has 1 aliphatic rings. The van der Waals surface area contributed by atoms with E-state index in [4.69, 9.17) is 9.47 Å². The zero-order valence-electron chi connectivity index (χ0n) is 13.3. The largest absolute Gasteiger partial charge is 0.489 e. The lowest BCUT2D eigenvalue weighted by molar-refractivity contribution is -0.140. The minimum atomic E-state index is -0.432. The fourth-order valence-electron chi connectivity index (χ4n) is 2.07. The number of nitrogens with one attached hydrogen (secondary N) is 2. The van der Waals surface area contributed by atoms with Crippen molar-refractivity contribution >= 4 is 17.6 Å². The lowest BCUT2D eigenvalue weighted by atomic mass is 10.1. The van der Waals surface area contributed by atoms with Crippen LogP contribution in [0.3, 0.4) is 0 Å². The molecule has 0 radical (unpaired) electrons. The fraction of sp³-hybridized carbons (Fsp3) is 0.222. The Morgan fingerprint density at radius 2 is 2.29 bits per heavy atom. The van der Waals surface area contributed by atoms with Crippen molar-refractivity contribution < 1.29 is 19.1 Å². The number of carbonyl (C=O) groups excluding carboxylic acids is 2. The molecule has 0 atom stereocenters. The van der Waals surface area contributed by atoms with E-state index in [1.54, 1.807) is 36.4 Å². The van der Waals surface area contributed by atoms with Crippen LogP contribution in [0.2, 0.25) is 0 Å². The smallest absolute Gasteiger partial charge is 0.325 e. The van der Waals surface area contributed by atoms with Gasteiger partial charge in [0.15, 0.2) is 5.75 Å². The van der Waals surface area contributed by atoms with Crippen LogP contribution < -0.4 is 15.4 Å². The van der Waals surface area contributed by atoms with Crippen LogP contribution in [0, 0.1) is 0 Å². The van der Waals surface area contributed by atoms with E-state index in [0.717, 1.165) is 0 Å². The van der Waals surface area contributed by atoms with E-state index in [-0.39, 0.29) is 19.1 Å². The average molecular weight is 328 g/mol. The Kier molecular flexibility index (Phi) is 6.19. The van der Waals surface area contributed by atoms with E-state index in [9.17, 15) is 9.59 Å². The molecule has 0 aliphatic carbocycles. The molecule has 1 heterocycles. The minimum absolute atomic E-state index is 0.0418. The summed E-state index contributed by atoms with van der Waals surface area (Å²) < 4.78 is 10.7. The topological polar surface area (TPSA) is 76.7 Å². The van der Waals surface area contributed by atoms with Gasteiger partial charge in [-0.25, -0.2) is 0 Å². The molecule has 1 aliphatic heterocycles. The van der Waals surface area contributed by atoms with Gasteiger partial charge < -0.3 is 20.1 Å². The first-order valence-electron chi connectivity index (χ1n) is 7.52. The van der Waals surface area contributed by atoms with Crippen LogP contribution in [0.25, 0.3) is 0 Å². The standard InChI is InChI=1S/C18H20N2O4/c1-3-4-6-13(2)12-24-16(21)11-20-15-8-5-7-14-17(15)23-10-9-19-18(14)22/h3-8,20H,1-2,9-12H2,(H,19,22)/b6-4-. The van der Waals surface area contributed by atoms with Crippen LogP contribution >= 0.6 is 0 Å². The Morgan fingerprint density at radius 1 is 1.46 bits per heavy atom. The van der Waals surface area contributed by atoms with Gasteiger partial charge in [-0.3, -0.25) is 9.59 Å². The van der Waals surface area contributed by atoms with Crippen molar-refractivity contribution in [3.63, 3.8) is 0 Å². The summed E-state index contributed by atoms with van der Waals surface area (Å²) in [5, 5.41) is 5.68. The van der Waals surface area contributed by atoms with Gasteiger partial charge in [-0.15, -0.1) is 0 Å². The second-order valence-electron chi connectivity index (χ2n) is 5.05. The summed E-state index contributed by atoms with van der Waals surface area (Å²) in [7, 11) is 0. The van der Waals surface area contributed by atoms with Gasteiger partial charge in [0.05, 0.1) is 17.8 Å². The number of esters is 1. The molecule has 1 aromatic carbocycles. The number of fused-ring (bicyclic) bond motifs is 1. The van der Waals surface area contributed by atoms with Crippen molar-refractivity contribution in [3.05, 3.63) is 60.7 Å². The van der Waals surface area contributed by atoms with Crippen LogP contribution in [-0.2, 0) is 9.53 Å². The SMILES string of the molecule is C=C/C=C\C(=C)COC(=O)CNc1cccc2c1OCCNC2=O. The van der Waals surface area contributed by atoms with Gasteiger partial charge in [-0.05, 0) is 17.7 Å². The molecule has 1 aromatic rings. The van der Waals surface area contributed by atoms with Crippen LogP contribution in [0.5, 0.6) is 5.75 Å². The third-order valence-electron chi connectivity index (χ3n) is 3.20. The van der Waals surface area contributed by atoms with Gasteiger partial charge in [0, 0.05) is 0 Å². The zero-order valence-corrected chi connectivity index (χ0v) is 13.3. The number of benzene rings is 1. The van der Waals surface area contributed by atoms with Crippen LogP contribution in [0.1, 0.15) is 10.4 Å². The van der Waals surface area contributed by atoms with E-state index in [2.05, 4.69) is 23.8 Å². The summed E-state index contributed by atoms with van der Waals surface area (Å²) >= 11 is 0. The van der Waals surface area contributed by atoms with Crippen molar-refractivity contribution in [1.29, 1.82) is 0 Å². The molecule has 6 nitrogen and oxygen atoms in total. The molecular weight excluding hydrogens is 308 g/mol. The van der Waals surface area contributed by atoms with Crippen molar-refractivity contribution in [2.75, 3.05) is 31.6 Å². The van der Waals surface area contributed by atoms with E-state index < -0.39 is 5.97 Å². The Morgan fingerprint density at radius 3 is 3.08 bits per heavy atom. The third-order valence-corrected chi connectivity index (χ3v) is 3.20. The molecule has 1 amide bonds. The Hall–Kier alpha value is -3.02. The van der Waals surface area contributed by atoms with Gasteiger partial charge in [0.2, 0.25) is 0 Å². The highest BCUT2D eigenvalue weighted by Gasteiger charge is 2.19. The first-order chi connectivity index (χ1) is 11.6. The van der Waals surface area contributed by atoms with E-state index in [0.29, 0.717) is 35.7 Å². The molecule has 0 bridgehead atoms. The number of rotatable bonds is 7. The van der Waals surface area contributed by atoms with Gasteiger partial charge in [0.1, 0.15) is 19.8 Å². The number of amides is 1. The predicted molar refractivity (Wildman–Crippen MR) is 92.2 cm³/mol. The monoisotopic (exact) mass is 328 g/mol. The molecule has 6 heteroatoms. The lowest BCUT2D eigenvalue weighted by Gasteiger charge is -2.13. The summed E-state index contributed by atoms with van der Waals surface area (Å²) in [6, 6.07) is 5.15. The third kappa shape index (κ3) is 4.74. The summed E-state index contributed by atoms with van der Waals surface area (Å²) in [6.07, 6.45) is 5.05. The maximum atomic E-state index is 11.9. The zero-order chi connectivity index (χ0) is 17.4. The van der Waals surface area contributed by atoms with Crippen molar-refractivity contribution in [1.82, 2.24) is 5.32 Å². The van der Waals surface area contributed by atoms with Gasteiger partial charge in [-0.1, -0.05) is 37.5 Å². The summed E-state index contributed by atoms with van der Waals surface area (Å²) in [6.45, 7) is 8.19. The molecule has 0 saturated heterocycles. The maximum Gasteiger partial charge on any atom is 0.325 e. The second kappa shape index (κ2) is 8.57. The Bertz CT molecular complexity index is 680. The predicted octanol–water partition coefficient (Wildman–Crippen LogP) is 2.06. The van der Waals surface area contributed by atoms with E-state index >= 15 is 0 Å². The average Bonchev–Trinajstić information content (AvgIpc) is 2.78. The quantitative estimate of drug-likeness (QED) is 0.592. The number of allylic oxidation sites excluding steroid dienone is 2. The highest BCUT2D eigenvalue weighted by molar-refractivity contribution is 5.99. The van der Waals surface area contributed by atoms with Crippen molar-refractivity contribution in [3.8, 4) is 5.75 Å². The first-order valence-corrected chi connectivity index (χ1v) is 7.52. The Balaban J connectivity index is 1.92. The molecule has 0 fully saturated rings. The first kappa shape index (κ1) is 17.3. The molecule has 2 rings (SSSR count). The summed E-state index contributed by atoms with van der Waals surface area (Å²) in [4.78, 5) is 23.7. The molecule has 0 unspecified atom stereocenters. The number of hydrogen-bond donors (Lipinski definition) is 2. The van der Waals surface area contributed by atoms with Gasteiger partial charge >= 0.3 is 5.97 Å². The van der Waals surface area contributed by atoms with Crippen LogP contribution in [-0.4, -0.2) is 38.2 Å². The van der Waals surface area contributed by atoms with Crippen LogP contribution in [0.15, 0.2) is 55.2 Å². The number of para-hydroxylation sites is 1. The second-order valence-corrected chi connectivity index (χ2v) is 5.05. The fourth-order valence-corrected chi connectivity index (χ4v) is 2.07. The summed E-state index contributed by atoms with van der Waals surface area (Å²) in [5.74, 6) is -0.184.